The topological polar surface area (TPSA) is 79.4 Å². The van der Waals surface area contributed by atoms with E-state index in [0.29, 0.717) is 11.3 Å². The van der Waals surface area contributed by atoms with E-state index in [4.69, 9.17) is 10.5 Å². The van der Waals surface area contributed by atoms with Gasteiger partial charge in [0.1, 0.15) is 17.4 Å². The molecule has 0 aliphatic rings. The van der Waals surface area contributed by atoms with E-state index in [1.165, 1.54) is 37.1 Å². The Morgan fingerprint density at radius 2 is 2.10 bits per heavy atom. The quantitative estimate of drug-likeness (QED) is 0.863. The van der Waals surface area contributed by atoms with Crippen LogP contribution in [0.1, 0.15) is 10.5 Å². The molecular weight excluding hydrogens is 265 g/mol. The number of nitrogen functional groups attached to an aromatic ring is 1. The highest BCUT2D eigenvalue weighted by atomic mass is 19.1. The summed E-state index contributed by atoms with van der Waals surface area (Å²) in [7, 11) is 4.26. The van der Waals surface area contributed by atoms with Gasteiger partial charge in [-0.3, -0.25) is 4.68 Å². The molecule has 0 amide bonds. The van der Waals surface area contributed by atoms with Crippen LogP contribution in [0.4, 0.5) is 10.2 Å². The zero-order valence-corrected chi connectivity index (χ0v) is 11.3. The number of carbonyl (C=O) groups is 1. The van der Waals surface area contributed by atoms with Gasteiger partial charge in [0.05, 0.1) is 19.8 Å². The Hall–Kier alpha value is -2.57. The molecule has 1 aromatic heterocycles. The molecule has 0 aliphatic carbocycles. The van der Waals surface area contributed by atoms with Crippen molar-refractivity contribution >= 4 is 11.8 Å². The Morgan fingerprint density at radius 1 is 1.40 bits per heavy atom. The summed E-state index contributed by atoms with van der Waals surface area (Å²) in [6.45, 7) is 0. The number of carbonyl (C=O) groups excluding carboxylic acids is 1. The van der Waals surface area contributed by atoms with Crippen LogP contribution in [0.2, 0.25) is 0 Å². The fourth-order valence-electron chi connectivity index (χ4n) is 1.92. The van der Waals surface area contributed by atoms with Gasteiger partial charge in [-0.15, -0.1) is 0 Å². The van der Waals surface area contributed by atoms with E-state index in [2.05, 4.69) is 9.84 Å². The largest absolute Gasteiger partial charge is 0.496 e. The summed E-state index contributed by atoms with van der Waals surface area (Å²) in [4.78, 5) is 11.8. The predicted octanol–water partition coefficient (Wildman–Crippen LogP) is 1.60. The second-order valence-electron chi connectivity index (χ2n) is 4.07. The number of halogens is 1. The number of nitrogens with two attached hydrogens (primary N) is 1. The van der Waals surface area contributed by atoms with Gasteiger partial charge in [0, 0.05) is 12.6 Å². The third-order valence-corrected chi connectivity index (χ3v) is 2.90. The number of hydrogen-bond donors (Lipinski definition) is 1. The van der Waals surface area contributed by atoms with Gasteiger partial charge in [0.2, 0.25) is 0 Å². The Kier molecular flexibility index (Phi) is 3.60. The Bertz CT molecular complexity index is 667. The number of aromatic nitrogens is 2. The molecular formula is C13H14FN3O3. The molecule has 0 aliphatic heterocycles. The second kappa shape index (κ2) is 5.20. The number of nitrogens with zero attached hydrogens (tertiary/aromatic N) is 2. The average molecular weight is 279 g/mol. The predicted molar refractivity (Wildman–Crippen MR) is 70.9 cm³/mol. The molecule has 0 bridgehead atoms. The van der Waals surface area contributed by atoms with Gasteiger partial charge < -0.3 is 15.2 Å². The molecule has 0 spiro atoms. The van der Waals surface area contributed by atoms with Crippen LogP contribution in [0, 0.1) is 5.82 Å². The van der Waals surface area contributed by atoms with Crippen molar-refractivity contribution in [3.8, 4) is 16.9 Å². The SMILES string of the molecule is COC(=O)c1nn(C)c(N)c1-c1cc(F)ccc1OC. The van der Waals surface area contributed by atoms with Crippen LogP contribution in [-0.2, 0) is 11.8 Å². The molecule has 0 unspecified atom stereocenters. The van der Waals surface area contributed by atoms with Gasteiger partial charge in [-0.05, 0) is 18.2 Å². The van der Waals surface area contributed by atoms with Crippen molar-refractivity contribution in [2.75, 3.05) is 20.0 Å². The number of ether oxygens (including phenoxy) is 2. The maximum absolute atomic E-state index is 13.5. The van der Waals surface area contributed by atoms with Crippen molar-refractivity contribution in [2.45, 2.75) is 0 Å². The van der Waals surface area contributed by atoms with Crippen molar-refractivity contribution in [1.29, 1.82) is 0 Å². The van der Waals surface area contributed by atoms with Crippen molar-refractivity contribution < 1.29 is 18.7 Å². The van der Waals surface area contributed by atoms with Crippen molar-refractivity contribution in [3.63, 3.8) is 0 Å². The molecule has 106 valence electrons. The third-order valence-electron chi connectivity index (χ3n) is 2.90. The lowest BCUT2D eigenvalue weighted by atomic mass is 10.0. The fraction of sp³-hybridized carbons (Fsp3) is 0.231. The summed E-state index contributed by atoms with van der Waals surface area (Å²) in [5.74, 6) is -0.524. The summed E-state index contributed by atoms with van der Waals surface area (Å²) in [5.41, 5.74) is 6.56. The lowest BCUT2D eigenvalue weighted by molar-refractivity contribution is 0.0594. The molecule has 0 saturated carbocycles. The Balaban J connectivity index is 2.75. The highest BCUT2D eigenvalue weighted by Gasteiger charge is 2.24. The molecule has 2 N–H and O–H groups in total. The van der Waals surface area contributed by atoms with E-state index in [-0.39, 0.29) is 17.1 Å². The minimum atomic E-state index is -0.654. The monoisotopic (exact) mass is 279 g/mol. The zero-order valence-electron chi connectivity index (χ0n) is 11.3. The van der Waals surface area contributed by atoms with Crippen molar-refractivity contribution in [3.05, 3.63) is 29.7 Å². The van der Waals surface area contributed by atoms with Gasteiger partial charge >= 0.3 is 5.97 Å². The molecule has 2 rings (SSSR count). The number of methoxy groups -OCH3 is 2. The van der Waals surface area contributed by atoms with Crippen LogP contribution in [0.15, 0.2) is 18.2 Å². The summed E-state index contributed by atoms with van der Waals surface area (Å²) in [5, 5.41) is 4.00. The van der Waals surface area contributed by atoms with Gasteiger partial charge in [-0.2, -0.15) is 5.10 Å². The Morgan fingerprint density at radius 3 is 2.70 bits per heavy atom. The van der Waals surface area contributed by atoms with E-state index in [1.807, 2.05) is 0 Å². The first-order valence-corrected chi connectivity index (χ1v) is 5.74. The van der Waals surface area contributed by atoms with Crippen molar-refractivity contribution in [1.82, 2.24) is 9.78 Å². The number of hydrogen-bond acceptors (Lipinski definition) is 5. The lowest BCUT2D eigenvalue weighted by Crippen LogP contribution is -2.05. The zero-order chi connectivity index (χ0) is 14.9. The molecule has 20 heavy (non-hydrogen) atoms. The minimum Gasteiger partial charge on any atom is -0.496 e. The molecule has 0 atom stereocenters. The smallest absolute Gasteiger partial charge is 0.359 e. The van der Waals surface area contributed by atoms with E-state index in [9.17, 15) is 9.18 Å². The molecule has 1 aromatic carbocycles. The molecule has 6 nitrogen and oxygen atoms in total. The first kappa shape index (κ1) is 13.9. The van der Waals surface area contributed by atoms with Crippen LogP contribution < -0.4 is 10.5 Å². The fourth-order valence-corrected chi connectivity index (χ4v) is 1.92. The van der Waals surface area contributed by atoms with Crippen LogP contribution in [0.3, 0.4) is 0 Å². The molecule has 1 heterocycles. The Labute approximate surface area is 114 Å². The summed E-state index contributed by atoms with van der Waals surface area (Å²) in [6.07, 6.45) is 0. The number of benzene rings is 1. The molecule has 0 radical (unpaired) electrons. The summed E-state index contributed by atoms with van der Waals surface area (Å²) < 4.78 is 24.6. The number of aryl methyl sites for hydroxylation is 1. The minimum absolute atomic E-state index is 0.0106. The van der Waals surface area contributed by atoms with E-state index in [1.54, 1.807) is 7.05 Å². The molecule has 2 aromatic rings. The standard InChI is InChI=1S/C13H14FN3O3/c1-17-12(15)10(11(16-17)13(18)20-3)8-6-7(14)4-5-9(8)19-2/h4-6H,15H2,1-3H3. The summed E-state index contributed by atoms with van der Waals surface area (Å²) in [6, 6.07) is 3.95. The van der Waals surface area contributed by atoms with E-state index >= 15 is 0 Å². The molecule has 0 saturated heterocycles. The maximum Gasteiger partial charge on any atom is 0.359 e. The summed E-state index contributed by atoms with van der Waals surface area (Å²) >= 11 is 0. The van der Waals surface area contributed by atoms with Crippen LogP contribution in [0.25, 0.3) is 11.1 Å². The highest BCUT2D eigenvalue weighted by Crippen LogP contribution is 2.36. The number of rotatable bonds is 3. The first-order chi connectivity index (χ1) is 9.49. The normalized spacial score (nSPS) is 10.4. The van der Waals surface area contributed by atoms with Crippen LogP contribution >= 0.6 is 0 Å². The first-order valence-electron chi connectivity index (χ1n) is 5.74. The number of anilines is 1. The second-order valence-corrected chi connectivity index (χ2v) is 4.07. The van der Waals surface area contributed by atoms with Crippen LogP contribution in [-0.4, -0.2) is 30.0 Å². The highest BCUT2D eigenvalue weighted by molar-refractivity contribution is 5.99. The number of esters is 1. The van der Waals surface area contributed by atoms with Crippen LogP contribution in [0.5, 0.6) is 5.75 Å². The van der Waals surface area contributed by atoms with Crippen molar-refractivity contribution in [2.24, 2.45) is 7.05 Å². The van der Waals surface area contributed by atoms with Gasteiger partial charge in [0.25, 0.3) is 0 Å². The molecule has 0 fully saturated rings. The lowest BCUT2D eigenvalue weighted by Gasteiger charge is -2.09. The van der Waals surface area contributed by atoms with Gasteiger partial charge in [0.15, 0.2) is 5.69 Å². The third kappa shape index (κ3) is 2.18. The average Bonchev–Trinajstić information content (AvgIpc) is 2.74. The van der Waals surface area contributed by atoms with Gasteiger partial charge in [-0.25, -0.2) is 9.18 Å². The molecule has 7 heteroatoms. The maximum atomic E-state index is 13.5. The van der Waals surface area contributed by atoms with E-state index in [0.717, 1.165) is 0 Å². The van der Waals surface area contributed by atoms with E-state index < -0.39 is 11.8 Å². The van der Waals surface area contributed by atoms with Gasteiger partial charge in [-0.1, -0.05) is 0 Å².